The Kier molecular flexibility index (Phi) is 6.69. The van der Waals surface area contributed by atoms with E-state index < -0.39 is 69.6 Å². The Hall–Kier alpha value is 0.190. The molecular weight excluding hydrogens is 486 g/mol. The first-order valence-electron chi connectivity index (χ1n) is 6.89. The van der Waals surface area contributed by atoms with E-state index in [0.29, 0.717) is 0 Å². The molecule has 1 aliphatic rings. The van der Waals surface area contributed by atoms with E-state index in [2.05, 4.69) is 46.4 Å². The van der Waals surface area contributed by atoms with E-state index in [1.807, 2.05) is 0 Å². The summed E-state index contributed by atoms with van der Waals surface area (Å²) in [6, 6.07) is 0. The molecule has 0 radical (unpaired) electrons. The molecule has 27 heavy (non-hydrogen) atoms. The van der Waals surface area contributed by atoms with Crippen molar-refractivity contribution in [1.29, 1.82) is 0 Å². The number of rotatable bonds is 6. The van der Waals surface area contributed by atoms with Crippen molar-refractivity contribution in [2.75, 3.05) is 0 Å². The Bertz CT molecular complexity index is 505. The van der Waals surface area contributed by atoms with E-state index in [1.165, 1.54) is 0 Å². The molecule has 0 aromatic rings. The van der Waals surface area contributed by atoms with Crippen molar-refractivity contribution >= 4 is 52.2 Å². The summed E-state index contributed by atoms with van der Waals surface area (Å²) in [5, 5.41) is -1.68. The van der Waals surface area contributed by atoms with Gasteiger partial charge in [0, 0.05) is 0 Å². The summed E-state index contributed by atoms with van der Waals surface area (Å²) in [6.45, 7) is 0. The van der Waals surface area contributed by atoms with E-state index in [1.54, 1.807) is 0 Å². The van der Waals surface area contributed by atoms with Crippen molar-refractivity contribution in [3.63, 3.8) is 0 Å². The third-order valence-corrected chi connectivity index (χ3v) is 5.56. The van der Waals surface area contributed by atoms with E-state index in [-0.39, 0.29) is 0 Å². The SMILES string of the molecule is O=C1[C@H](C(O)(C(F)(F)Cl)C(F)(F)Cl)CCC[C@H]1C(O)(C(F)(F)Cl)C(F)(F)Cl. The zero-order chi connectivity index (χ0) is 21.9. The molecule has 15 heteroatoms. The molecule has 0 unspecified atom stereocenters. The maximum absolute atomic E-state index is 13.5. The van der Waals surface area contributed by atoms with Gasteiger partial charge in [0.1, 0.15) is 5.78 Å². The zero-order valence-electron chi connectivity index (χ0n) is 12.6. The normalized spacial score (nSPS) is 24.3. The standard InChI is InChI=1S/C12H10Cl4F8O3/c13-9(17,18)7(26,10(14,19)20)4-2-1-3-5(6(4)25)8(27,11(15,21)22)12(16,23)24/h4-5,26-27H,1-3H2/t4-,5-/m1/s1. The second-order valence-electron chi connectivity index (χ2n) is 5.96. The third kappa shape index (κ3) is 3.96. The predicted molar refractivity (Wildman–Crippen MR) is 78.9 cm³/mol. The van der Waals surface area contributed by atoms with E-state index >= 15 is 0 Å². The average molecular weight is 496 g/mol. The van der Waals surface area contributed by atoms with Crippen LogP contribution in [0.2, 0.25) is 0 Å². The van der Waals surface area contributed by atoms with E-state index in [9.17, 15) is 50.1 Å². The van der Waals surface area contributed by atoms with Crippen LogP contribution in [0.1, 0.15) is 19.3 Å². The lowest BCUT2D eigenvalue weighted by Gasteiger charge is -2.47. The Balaban J connectivity index is 3.58. The zero-order valence-corrected chi connectivity index (χ0v) is 15.6. The number of carbonyl (C=O) groups is 1. The highest BCUT2D eigenvalue weighted by molar-refractivity contribution is 6.27. The molecule has 2 N–H and O–H groups in total. The number of aliphatic hydroxyl groups is 2. The Morgan fingerprint density at radius 2 is 0.889 bits per heavy atom. The molecule has 1 aliphatic carbocycles. The second-order valence-corrected chi connectivity index (χ2v) is 7.86. The average Bonchev–Trinajstić information content (AvgIpc) is 2.41. The molecule has 0 bridgehead atoms. The van der Waals surface area contributed by atoms with Crippen LogP contribution < -0.4 is 0 Å². The van der Waals surface area contributed by atoms with Gasteiger partial charge < -0.3 is 10.2 Å². The van der Waals surface area contributed by atoms with Crippen LogP contribution in [0.4, 0.5) is 35.1 Å². The van der Waals surface area contributed by atoms with Crippen LogP contribution in [-0.4, -0.2) is 48.7 Å². The maximum Gasteiger partial charge on any atom is 0.357 e. The van der Waals surface area contributed by atoms with Crippen LogP contribution in [0.15, 0.2) is 0 Å². The van der Waals surface area contributed by atoms with Crippen LogP contribution in [0.3, 0.4) is 0 Å². The molecule has 0 amide bonds. The molecule has 0 aliphatic heterocycles. The molecule has 1 fully saturated rings. The first kappa shape index (κ1) is 25.2. The van der Waals surface area contributed by atoms with Crippen molar-refractivity contribution in [2.24, 2.45) is 11.8 Å². The minimum atomic E-state index is -5.30. The highest BCUT2D eigenvalue weighted by Gasteiger charge is 2.77. The van der Waals surface area contributed by atoms with Gasteiger partial charge in [-0.25, -0.2) is 0 Å². The number of alkyl halides is 12. The fraction of sp³-hybridized carbons (Fsp3) is 0.917. The predicted octanol–water partition coefficient (Wildman–Crippen LogP) is 4.76. The van der Waals surface area contributed by atoms with Gasteiger partial charge in [0.2, 0.25) is 11.2 Å². The molecule has 3 nitrogen and oxygen atoms in total. The van der Waals surface area contributed by atoms with Crippen molar-refractivity contribution < 1.29 is 50.1 Å². The van der Waals surface area contributed by atoms with Crippen LogP contribution in [0.5, 0.6) is 0 Å². The number of carbonyl (C=O) groups excluding carboxylic acids is 1. The van der Waals surface area contributed by atoms with E-state index in [4.69, 9.17) is 0 Å². The first-order valence-corrected chi connectivity index (χ1v) is 8.40. The van der Waals surface area contributed by atoms with Gasteiger partial charge in [0.15, 0.2) is 0 Å². The van der Waals surface area contributed by atoms with Gasteiger partial charge in [-0.2, -0.15) is 35.1 Å². The van der Waals surface area contributed by atoms with Crippen LogP contribution in [-0.2, 0) is 4.79 Å². The van der Waals surface area contributed by atoms with Gasteiger partial charge in [-0.1, -0.05) is 6.42 Å². The summed E-state index contributed by atoms with van der Waals surface area (Å²) < 4.78 is 108. The number of Topliss-reactive ketones (excluding diaryl/α,β-unsaturated/α-hetero) is 1. The maximum atomic E-state index is 13.5. The van der Waals surface area contributed by atoms with E-state index in [0.717, 1.165) is 0 Å². The minimum absolute atomic E-state index is 0.717. The number of ketones is 1. The Morgan fingerprint density at radius 1 is 0.667 bits per heavy atom. The number of halogens is 12. The highest BCUT2D eigenvalue weighted by Crippen LogP contribution is 2.57. The first-order chi connectivity index (χ1) is 11.6. The second kappa shape index (κ2) is 7.16. The van der Waals surface area contributed by atoms with Gasteiger partial charge in [-0.05, 0) is 59.2 Å². The van der Waals surface area contributed by atoms with Crippen LogP contribution in [0, 0.1) is 11.8 Å². The fourth-order valence-electron chi connectivity index (χ4n) is 2.99. The minimum Gasteiger partial charge on any atom is -0.376 e. The summed E-state index contributed by atoms with van der Waals surface area (Å²) in [5.74, 6) is -8.24. The summed E-state index contributed by atoms with van der Waals surface area (Å²) in [6.07, 6.45) is -2.76. The van der Waals surface area contributed by atoms with Crippen molar-refractivity contribution in [2.45, 2.75) is 52.0 Å². The number of hydrogen-bond acceptors (Lipinski definition) is 3. The molecule has 0 heterocycles. The monoisotopic (exact) mass is 494 g/mol. The highest BCUT2D eigenvalue weighted by atomic mass is 35.5. The lowest BCUT2D eigenvalue weighted by Crippen LogP contribution is -2.68. The lowest BCUT2D eigenvalue weighted by molar-refractivity contribution is -0.263. The van der Waals surface area contributed by atoms with Crippen molar-refractivity contribution in [3.05, 3.63) is 0 Å². The molecule has 0 spiro atoms. The molecule has 0 aromatic heterocycles. The molecule has 160 valence electrons. The summed E-state index contributed by atoms with van der Waals surface area (Å²) in [7, 11) is 0. The van der Waals surface area contributed by atoms with Gasteiger partial charge in [-0.3, -0.25) is 4.79 Å². The molecule has 1 rings (SSSR count). The van der Waals surface area contributed by atoms with Gasteiger partial charge >= 0.3 is 21.5 Å². The molecule has 1 saturated carbocycles. The van der Waals surface area contributed by atoms with Crippen LogP contribution in [0.25, 0.3) is 0 Å². The smallest absolute Gasteiger partial charge is 0.357 e. The third-order valence-electron chi connectivity index (χ3n) is 4.41. The van der Waals surface area contributed by atoms with Crippen LogP contribution >= 0.6 is 46.4 Å². The van der Waals surface area contributed by atoms with Gasteiger partial charge in [0.25, 0.3) is 0 Å². The van der Waals surface area contributed by atoms with Gasteiger partial charge in [-0.15, -0.1) is 0 Å². The van der Waals surface area contributed by atoms with Crippen molar-refractivity contribution in [3.8, 4) is 0 Å². The summed E-state index contributed by atoms with van der Waals surface area (Å²) >= 11 is 17.8. The Labute approximate surface area is 166 Å². The molecule has 0 aromatic carbocycles. The molecular formula is C12H10Cl4F8O3. The quantitative estimate of drug-likeness (QED) is 0.412. The van der Waals surface area contributed by atoms with Crippen molar-refractivity contribution in [1.82, 2.24) is 0 Å². The summed E-state index contributed by atoms with van der Waals surface area (Å²) in [4.78, 5) is 12.3. The number of hydrogen-bond donors (Lipinski definition) is 2. The summed E-state index contributed by atoms with van der Waals surface area (Å²) in [5.41, 5.74) is -9.72. The molecule has 2 atom stereocenters. The molecule has 0 saturated heterocycles. The topological polar surface area (TPSA) is 57.5 Å². The Morgan fingerprint density at radius 3 is 1.07 bits per heavy atom. The van der Waals surface area contributed by atoms with Gasteiger partial charge in [0.05, 0.1) is 11.8 Å². The fourth-order valence-corrected chi connectivity index (χ4v) is 4.09. The largest absolute Gasteiger partial charge is 0.376 e. The lowest BCUT2D eigenvalue weighted by atomic mass is 9.66.